The Morgan fingerprint density at radius 3 is 2.29 bits per heavy atom. The first-order valence-corrected chi connectivity index (χ1v) is 12.1. The summed E-state index contributed by atoms with van der Waals surface area (Å²) in [6, 6.07) is 18.8. The van der Waals surface area contributed by atoms with Gasteiger partial charge in [-0.1, -0.05) is 51.8 Å². The molecule has 0 atom stereocenters. The predicted molar refractivity (Wildman–Crippen MR) is 128 cm³/mol. The molecule has 0 heterocycles. The Kier molecular flexibility index (Phi) is 7.54. The maximum absolute atomic E-state index is 13.3. The van der Waals surface area contributed by atoms with Crippen molar-refractivity contribution in [1.82, 2.24) is 4.31 Å². The molecule has 1 N–H and O–H groups in total. The molecule has 3 rings (SSSR count). The van der Waals surface area contributed by atoms with Gasteiger partial charge in [0.15, 0.2) is 0 Å². The molecule has 0 aliphatic heterocycles. The fourth-order valence-electron chi connectivity index (χ4n) is 3.01. The van der Waals surface area contributed by atoms with Crippen LogP contribution in [0.25, 0.3) is 0 Å². The van der Waals surface area contributed by atoms with Gasteiger partial charge in [0.25, 0.3) is 0 Å². The first kappa shape index (κ1) is 23.5. The molecule has 0 unspecified atom stereocenters. The van der Waals surface area contributed by atoms with Crippen LogP contribution in [-0.2, 0) is 21.4 Å². The van der Waals surface area contributed by atoms with Gasteiger partial charge in [-0.05, 0) is 73.0 Å². The minimum Gasteiger partial charge on any atom is -0.325 e. The Balaban J connectivity index is 1.89. The molecule has 162 valence electrons. The Morgan fingerprint density at radius 2 is 1.65 bits per heavy atom. The van der Waals surface area contributed by atoms with Crippen LogP contribution in [0, 0.1) is 13.8 Å². The molecule has 0 radical (unpaired) electrons. The highest BCUT2D eigenvalue weighted by Crippen LogP contribution is 2.22. The molecule has 31 heavy (non-hydrogen) atoms. The molecule has 0 saturated carbocycles. The van der Waals surface area contributed by atoms with Crippen LogP contribution in [0.1, 0.15) is 16.7 Å². The third-order valence-electron chi connectivity index (χ3n) is 4.92. The highest BCUT2D eigenvalue weighted by atomic mass is 79.9. The van der Waals surface area contributed by atoms with E-state index in [2.05, 4.69) is 21.2 Å². The molecule has 8 heteroatoms. The number of hydrogen-bond donors (Lipinski definition) is 1. The van der Waals surface area contributed by atoms with Gasteiger partial charge in [-0.25, -0.2) is 8.42 Å². The van der Waals surface area contributed by atoms with Crippen LogP contribution in [0.2, 0.25) is 5.02 Å². The van der Waals surface area contributed by atoms with Crippen molar-refractivity contribution in [3.05, 3.63) is 92.9 Å². The molecule has 3 aromatic carbocycles. The van der Waals surface area contributed by atoms with E-state index in [0.717, 1.165) is 21.2 Å². The van der Waals surface area contributed by atoms with E-state index in [0.29, 0.717) is 10.7 Å². The van der Waals surface area contributed by atoms with Crippen molar-refractivity contribution >= 4 is 49.1 Å². The van der Waals surface area contributed by atoms with E-state index in [1.54, 1.807) is 6.07 Å². The van der Waals surface area contributed by atoms with Gasteiger partial charge in [-0.3, -0.25) is 4.79 Å². The highest BCUT2D eigenvalue weighted by molar-refractivity contribution is 9.10. The van der Waals surface area contributed by atoms with Crippen LogP contribution in [-0.4, -0.2) is 25.2 Å². The fraction of sp³-hybridized carbons (Fsp3) is 0.174. The topological polar surface area (TPSA) is 66.5 Å². The van der Waals surface area contributed by atoms with Crippen LogP contribution >= 0.6 is 27.5 Å². The maximum Gasteiger partial charge on any atom is 0.243 e. The third-order valence-corrected chi connectivity index (χ3v) is 7.51. The number of aryl methyl sites for hydroxylation is 1. The van der Waals surface area contributed by atoms with Crippen molar-refractivity contribution in [2.75, 3.05) is 11.9 Å². The average molecular weight is 522 g/mol. The second-order valence-electron chi connectivity index (χ2n) is 7.15. The van der Waals surface area contributed by atoms with E-state index in [4.69, 9.17) is 11.6 Å². The van der Waals surface area contributed by atoms with Gasteiger partial charge in [-0.2, -0.15) is 4.31 Å². The molecule has 3 aromatic rings. The summed E-state index contributed by atoms with van der Waals surface area (Å²) in [5.41, 5.74) is 3.41. The number of halogens is 2. The quantitative estimate of drug-likeness (QED) is 0.443. The van der Waals surface area contributed by atoms with Crippen molar-refractivity contribution in [1.29, 1.82) is 0 Å². The number of amides is 1. The number of anilines is 1. The first-order valence-electron chi connectivity index (χ1n) is 9.53. The van der Waals surface area contributed by atoms with Gasteiger partial charge < -0.3 is 5.32 Å². The van der Waals surface area contributed by atoms with Gasteiger partial charge in [0.2, 0.25) is 15.9 Å². The monoisotopic (exact) mass is 520 g/mol. The molecule has 0 aliphatic carbocycles. The SMILES string of the molecule is Cc1cccc(NC(=O)CN(Cc2ccc(Br)cc2)S(=O)(=O)c2ccc(Cl)cc2)c1C. The summed E-state index contributed by atoms with van der Waals surface area (Å²) in [5.74, 6) is -0.414. The Hall–Kier alpha value is -2.19. The van der Waals surface area contributed by atoms with Crippen LogP contribution < -0.4 is 5.32 Å². The minimum atomic E-state index is -3.93. The number of hydrogen-bond acceptors (Lipinski definition) is 3. The van der Waals surface area contributed by atoms with Crippen LogP contribution in [0.15, 0.2) is 76.1 Å². The first-order chi connectivity index (χ1) is 14.7. The second kappa shape index (κ2) is 9.96. The lowest BCUT2D eigenvalue weighted by atomic mass is 10.1. The number of carbonyl (C=O) groups is 1. The van der Waals surface area contributed by atoms with Gasteiger partial charge in [0, 0.05) is 21.7 Å². The Morgan fingerprint density at radius 1 is 1.00 bits per heavy atom. The highest BCUT2D eigenvalue weighted by Gasteiger charge is 2.27. The summed E-state index contributed by atoms with van der Waals surface area (Å²) in [4.78, 5) is 12.9. The van der Waals surface area contributed by atoms with E-state index in [9.17, 15) is 13.2 Å². The van der Waals surface area contributed by atoms with Gasteiger partial charge in [0.1, 0.15) is 0 Å². The molecule has 0 aliphatic rings. The van der Waals surface area contributed by atoms with Crippen LogP contribution in [0.3, 0.4) is 0 Å². The number of sulfonamides is 1. The van der Waals surface area contributed by atoms with Crippen LogP contribution in [0.5, 0.6) is 0 Å². The molecule has 5 nitrogen and oxygen atoms in total. The molecular formula is C23H22BrClN2O3S. The molecule has 0 saturated heterocycles. The summed E-state index contributed by atoms with van der Waals surface area (Å²) in [7, 11) is -3.93. The Labute approximate surface area is 196 Å². The smallest absolute Gasteiger partial charge is 0.243 e. The second-order valence-corrected chi connectivity index (χ2v) is 10.4. The number of rotatable bonds is 7. The van der Waals surface area contributed by atoms with Crippen molar-refractivity contribution in [3.8, 4) is 0 Å². The molecule has 0 aromatic heterocycles. The van der Waals surface area contributed by atoms with E-state index in [1.807, 2.05) is 50.2 Å². The predicted octanol–water partition coefficient (Wildman–Crippen LogP) is 5.55. The zero-order valence-corrected chi connectivity index (χ0v) is 20.3. The summed E-state index contributed by atoms with van der Waals surface area (Å²) in [6.07, 6.45) is 0. The molecule has 0 bridgehead atoms. The van der Waals surface area contributed by atoms with Crippen molar-refractivity contribution in [2.45, 2.75) is 25.3 Å². The number of nitrogens with one attached hydrogen (secondary N) is 1. The lowest BCUT2D eigenvalue weighted by Crippen LogP contribution is -2.37. The zero-order valence-electron chi connectivity index (χ0n) is 17.1. The standard InChI is InChI=1S/C23H22BrClN2O3S/c1-16-4-3-5-22(17(16)2)26-23(28)15-27(14-18-6-8-19(24)9-7-18)31(29,30)21-12-10-20(25)11-13-21/h3-13H,14-15H2,1-2H3,(H,26,28). The third kappa shape index (κ3) is 5.95. The van der Waals surface area contributed by atoms with Gasteiger partial charge >= 0.3 is 0 Å². The van der Waals surface area contributed by atoms with Gasteiger partial charge in [-0.15, -0.1) is 0 Å². The normalized spacial score (nSPS) is 11.5. The minimum absolute atomic E-state index is 0.0540. The van der Waals surface area contributed by atoms with Crippen LogP contribution in [0.4, 0.5) is 5.69 Å². The van der Waals surface area contributed by atoms with E-state index >= 15 is 0 Å². The van der Waals surface area contributed by atoms with E-state index in [1.165, 1.54) is 28.6 Å². The summed E-state index contributed by atoms with van der Waals surface area (Å²) in [5, 5.41) is 3.27. The number of benzene rings is 3. The van der Waals surface area contributed by atoms with Crippen molar-refractivity contribution < 1.29 is 13.2 Å². The molecular weight excluding hydrogens is 500 g/mol. The maximum atomic E-state index is 13.3. The van der Waals surface area contributed by atoms with E-state index in [-0.39, 0.29) is 18.0 Å². The molecule has 0 spiro atoms. The largest absolute Gasteiger partial charge is 0.325 e. The number of nitrogens with zero attached hydrogens (tertiary/aromatic N) is 1. The van der Waals surface area contributed by atoms with E-state index < -0.39 is 15.9 Å². The van der Waals surface area contributed by atoms with Crippen molar-refractivity contribution in [3.63, 3.8) is 0 Å². The lowest BCUT2D eigenvalue weighted by Gasteiger charge is -2.22. The summed E-state index contributed by atoms with van der Waals surface area (Å²) < 4.78 is 28.7. The fourth-order valence-corrected chi connectivity index (χ4v) is 4.79. The molecule has 1 amide bonds. The summed E-state index contributed by atoms with van der Waals surface area (Å²) in [6.45, 7) is 3.59. The lowest BCUT2D eigenvalue weighted by molar-refractivity contribution is -0.116. The summed E-state index contributed by atoms with van der Waals surface area (Å²) >= 11 is 9.29. The molecule has 0 fully saturated rings. The zero-order chi connectivity index (χ0) is 22.6. The Bertz CT molecular complexity index is 1180. The number of carbonyl (C=O) groups excluding carboxylic acids is 1. The van der Waals surface area contributed by atoms with Gasteiger partial charge in [0.05, 0.1) is 11.4 Å². The average Bonchev–Trinajstić information content (AvgIpc) is 2.73. The van der Waals surface area contributed by atoms with Crippen molar-refractivity contribution in [2.24, 2.45) is 0 Å².